The summed E-state index contributed by atoms with van der Waals surface area (Å²) in [6.45, 7) is 7.23. The van der Waals surface area contributed by atoms with E-state index >= 15 is 0 Å². The molecule has 2 nitrogen and oxygen atoms in total. The molecule has 1 aliphatic heterocycles. The van der Waals surface area contributed by atoms with Crippen molar-refractivity contribution in [1.29, 1.82) is 0 Å². The molecule has 0 saturated heterocycles. The molecule has 19 heavy (non-hydrogen) atoms. The highest BCUT2D eigenvalue weighted by Crippen LogP contribution is 2.42. The molecular weight excluding hydrogens is 326 g/mol. The van der Waals surface area contributed by atoms with E-state index in [1.807, 2.05) is 6.07 Å². The smallest absolute Gasteiger partial charge is 0.0998 e. The van der Waals surface area contributed by atoms with Crippen LogP contribution < -0.4 is 0 Å². The number of nitrogens with one attached hydrogen (secondary N) is 1. The maximum Gasteiger partial charge on any atom is 0.0998 e. The molecule has 0 amide bonds. The highest BCUT2D eigenvalue weighted by Gasteiger charge is 2.29. The number of aryl methyl sites for hydroxylation is 1. The molecule has 1 N–H and O–H groups in total. The molecule has 1 unspecified atom stereocenters. The summed E-state index contributed by atoms with van der Waals surface area (Å²) in [4.78, 5) is 3.50. The average molecular weight is 343 g/mol. The lowest BCUT2D eigenvalue weighted by Gasteiger charge is -2.26. The molecule has 2 heterocycles. The van der Waals surface area contributed by atoms with Gasteiger partial charge < -0.3 is 9.72 Å². The number of aromatic nitrogens is 1. The summed E-state index contributed by atoms with van der Waals surface area (Å²) in [5.74, 6) is 0.450. The topological polar surface area (TPSA) is 25.0 Å². The first kappa shape index (κ1) is 13.5. The Labute approximate surface area is 126 Å². The van der Waals surface area contributed by atoms with Gasteiger partial charge in [-0.3, -0.25) is 0 Å². The van der Waals surface area contributed by atoms with E-state index < -0.39 is 0 Å². The van der Waals surface area contributed by atoms with Gasteiger partial charge in [-0.25, -0.2) is 0 Å². The number of hydrogen-bond donors (Lipinski definition) is 1. The fourth-order valence-corrected chi connectivity index (χ4v) is 3.76. The number of fused-ring (bicyclic) bond motifs is 3. The van der Waals surface area contributed by atoms with E-state index in [1.54, 1.807) is 0 Å². The van der Waals surface area contributed by atoms with E-state index in [0.717, 1.165) is 28.0 Å². The molecule has 2 aromatic rings. The second-order valence-electron chi connectivity index (χ2n) is 5.54. The molecule has 0 radical (unpaired) electrons. The minimum Gasteiger partial charge on any atom is -0.371 e. The molecule has 3 rings (SSSR count). The van der Waals surface area contributed by atoms with E-state index in [-0.39, 0.29) is 6.10 Å². The van der Waals surface area contributed by atoms with Crippen molar-refractivity contribution in [2.24, 2.45) is 5.92 Å². The van der Waals surface area contributed by atoms with Crippen molar-refractivity contribution in [3.63, 3.8) is 0 Å². The minimum atomic E-state index is 0.138. The van der Waals surface area contributed by atoms with E-state index in [9.17, 15) is 0 Å². The zero-order valence-corrected chi connectivity index (χ0v) is 13.7. The van der Waals surface area contributed by atoms with Crippen molar-refractivity contribution in [3.05, 3.63) is 32.4 Å². The number of H-pyrrole nitrogens is 1. The molecule has 0 fully saturated rings. The molecule has 0 bridgehead atoms. The Balaban J connectivity index is 2.33. The molecule has 1 aromatic heterocycles. The molecule has 102 valence electrons. The number of rotatable bonds is 1. The molecule has 1 atom stereocenters. The zero-order valence-electron chi connectivity index (χ0n) is 11.3. The van der Waals surface area contributed by atoms with Gasteiger partial charge in [-0.05, 0) is 52.4 Å². The number of aromatic amines is 1. The van der Waals surface area contributed by atoms with Crippen LogP contribution >= 0.6 is 27.5 Å². The third-order valence-electron chi connectivity index (χ3n) is 3.82. The summed E-state index contributed by atoms with van der Waals surface area (Å²) in [6, 6.07) is 2.00. The van der Waals surface area contributed by atoms with Gasteiger partial charge in [0.05, 0.1) is 23.3 Å². The van der Waals surface area contributed by atoms with Crippen molar-refractivity contribution in [2.45, 2.75) is 33.3 Å². The summed E-state index contributed by atoms with van der Waals surface area (Å²) < 4.78 is 7.06. The fraction of sp³-hybridized carbons (Fsp3) is 0.467. The van der Waals surface area contributed by atoms with Crippen LogP contribution in [-0.2, 0) is 11.2 Å². The predicted octanol–water partition coefficient (Wildman–Crippen LogP) is 5.16. The Morgan fingerprint density at radius 3 is 2.89 bits per heavy atom. The Morgan fingerprint density at radius 2 is 2.21 bits per heavy atom. The van der Waals surface area contributed by atoms with Crippen molar-refractivity contribution in [3.8, 4) is 0 Å². The summed E-state index contributed by atoms with van der Waals surface area (Å²) in [6.07, 6.45) is 1.08. The van der Waals surface area contributed by atoms with Gasteiger partial charge in [-0.15, -0.1) is 0 Å². The first-order valence-corrected chi connectivity index (χ1v) is 7.78. The van der Waals surface area contributed by atoms with Crippen LogP contribution in [0.25, 0.3) is 10.9 Å². The van der Waals surface area contributed by atoms with Gasteiger partial charge in [-0.2, -0.15) is 0 Å². The Hall–Kier alpha value is -0.510. The van der Waals surface area contributed by atoms with Crippen LogP contribution in [-0.4, -0.2) is 11.6 Å². The molecule has 1 aromatic carbocycles. The molecule has 1 aliphatic rings. The fourth-order valence-electron chi connectivity index (χ4n) is 2.90. The second kappa shape index (κ2) is 4.80. The lowest BCUT2D eigenvalue weighted by atomic mass is 9.95. The van der Waals surface area contributed by atoms with Gasteiger partial charge in [0.25, 0.3) is 0 Å². The largest absolute Gasteiger partial charge is 0.371 e. The monoisotopic (exact) mass is 341 g/mol. The molecular formula is C15H17BrClNO. The van der Waals surface area contributed by atoms with Crippen LogP contribution in [0.4, 0.5) is 0 Å². The van der Waals surface area contributed by atoms with Crippen LogP contribution in [0.2, 0.25) is 5.02 Å². The second-order valence-corrected chi connectivity index (χ2v) is 6.74. The Bertz CT molecular complexity index is 647. The Morgan fingerprint density at radius 1 is 1.47 bits per heavy atom. The van der Waals surface area contributed by atoms with Crippen LogP contribution in [0, 0.1) is 12.8 Å². The van der Waals surface area contributed by atoms with Gasteiger partial charge in [0.15, 0.2) is 0 Å². The number of halogens is 2. The zero-order chi connectivity index (χ0) is 13.7. The molecule has 0 spiro atoms. The molecule has 4 heteroatoms. The lowest BCUT2D eigenvalue weighted by Crippen LogP contribution is -2.20. The summed E-state index contributed by atoms with van der Waals surface area (Å²) >= 11 is 10.1. The van der Waals surface area contributed by atoms with Crippen LogP contribution in [0.5, 0.6) is 0 Å². The third kappa shape index (κ3) is 2.03. The van der Waals surface area contributed by atoms with Crippen molar-refractivity contribution < 1.29 is 4.74 Å². The van der Waals surface area contributed by atoms with E-state index in [1.165, 1.54) is 22.2 Å². The SMILES string of the molecule is Cc1cc(Cl)c2[nH]c3c(c2c1Br)CCOC3C(C)C. The normalized spacial score (nSPS) is 19.2. The number of ether oxygens (including phenoxy) is 1. The van der Waals surface area contributed by atoms with Gasteiger partial charge >= 0.3 is 0 Å². The quantitative estimate of drug-likeness (QED) is 0.760. The summed E-state index contributed by atoms with van der Waals surface area (Å²) in [5.41, 5.74) is 4.76. The van der Waals surface area contributed by atoms with Crippen molar-refractivity contribution >= 4 is 38.4 Å². The van der Waals surface area contributed by atoms with Crippen LogP contribution in [0.1, 0.15) is 36.8 Å². The maximum atomic E-state index is 6.39. The predicted molar refractivity (Wildman–Crippen MR) is 83.0 cm³/mol. The van der Waals surface area contributed by atoms with E-state index in [4.69, 9.17) is 16.3 Å². The molecule has 0 aliphatic carbocycles. The van der Waals surface area contributed by atoms with Crippen LogP contribution in [0.3, 0.4) is 0 Å². The maximum absolute atomic E-state index is 6.39. The lowest BCUT2D eigenvalue weighted by molar-refractivity contribution is 0.00916. The highest BCUT2D eigenvalue weighted by molar-refractivity contribution is 9.10. The first-order chi connectivity index (χ1) is 9.00. The van der Waals surface area contributed by atoms with Gasteiger partial charge in [0.2, 0.25) is 0 Å². The van der Waals surface area contributed by atoms with Crippen molar-refractivity contribution in [2.75, 3.05) is 6.61 Å². The van der Waals surface area contributed by atoms with Gasteiger partial charge in [-0.1, -0.05) is 25.4 Å². The van der Waals surface area contributed by atoms with E-state index in [0.29, 0.717) is 5.92 Å². The summed E-state index contributed by atoms with van der Waals surface area (Å²) in [5, 5.41) is 2.02. The number of hydrogen-bond acceptors (Lipinski definition) is 1. The van der Waals surface area contributed by atoms with Gasteiger partial charge in [0.1, 0.15) is 0 Å². The van der Waals surface area contributed by atoms with E-state index in [2.05, 4.69) is 41.7 Å². The highest BCUT2D eigenvalue weighted by atomic mass is 79.9. The number of benzene rings is 1. The summed E-state index contributed by atoms with van der Waals surface area (Å²) in [7, 11) is 0. The van der Waals surface area contributed by atoms with Crippen LogP contribution in [0.15, 0.2) is 10.5 Å². The minimum absolute atomic E-state index is 0.138. The first-order valence-electron chi connectivity index (χ1n) is 6.61. The Kier molecular flexibility index (Phi) is 3.40. The third-order valence-corrected chi connectivity index (χ3v) is 5.14. The standard InChI is InChI=1S/C15H17BrClNO/c1-7(2)15-13-9(4-5-19-15)11-12(16)8(3)6-10(17)14(11)18-13/h6-7,15,18H,4-5H2,1-3H3. The van der Waals surface area contributed by atoms with Crippen molar-refractivity contribution in [1.82, 2.24) is 4.98 Å². The van der Waals surface area contributed by atoms with Gasteiger partial charge in [0, 0.05) is 15.6 Å². The average Bonchev–Trinajstić information content (AvgIpc) is 2.75. The molecule has 0 saturated carbocycles.